The van der Waals surface area contributed by atoms with Crippen LogP contribution in [0.1, 0.15) is 24.3 Å². The average Bonchev–Trinajstić information content (AvgIpc) is 2.95. The quantitative estimate of drug-likeness (QED) is 0.773. The molecule has 0 radical (unpaired) electrons. The first kappa shape index (κ1) is 18.7. The Morgan fingerprint density at radius 2 is 2.15 bits per heavy atom. The molecule has 2 aromatic rings. The van der Waals surface area contributed by atoms with Gasteiger partial charge in [0.05, 0.1) is 15.7 Å². The van der Waals surface area contributed by atoms with Gasteiger partial charge in [0, 0.05) is 41.5 Å². The molecule has 0 spiro atoms. The van der Waals surface area contributed by atoms with Crippen LogP contribution in [-0.4, -0.2) is 36.5 Å². The lowest BCUT2D eigenvalue weighted by Crippen LogP contribution is -2.50. The first-order chi connectivity index (χ1) is 12.2. The monoisotopic (exact) mass is 408 g/mol. The molecular weight excluding hydrogens is 392 g/mol. The zero-order chi connectivity index (χ0) is 19.1. The first-order valence-electron chi connectivity index (χ1n) is 7.65. The molecule has 26 heavy (non-hydrogen) atoms. The summed E-state index contributed by atoms with van der Waals surface area (Å²) >= 11 is 7.97. The first-order valence-corrected chi connectivity index (χ1v) is 10.5. The molecule has 0 aromatic carbocycles. The molecule has 2 aromatic heterocycles. The van der Waals surface area contributed by atoms with Gasteiger partial charge < -0.3 is 5.73 Å². The van der Waals surface area contributed by atoms with Gasteiger partial charge in [0.15, 0.2) is 0 Å². The third kappa shape index (κ3) is 3.18. The lowest BCUT2D eigenvalue weighted by Gasteiger charge is -2.33. The van der Waals surface area contributed by atoms with E-state index in [2.05, 4.69) is 21.8 Å². The minimum absolute atomic E-state index is 0.0494. The molecule has 0 fully saturated rings. The smallest absolute Gasteiger partial charge is 0.239 e. The molecule has 2 N–H and O–H groups in total. The van der Waals surface area contributed by atoms with Crippen LogP contribution in [-0.2, 0) is 15.6 Å². The Hall–Kier alpha value is -2.08. The Labute approximate surface area is 161 Å². The van der Waals surface area contributed by atoms with E-state index >= 15 is 0 Å². The number of pyridine rings is 1. The fourth-order valence-corrected chi connectivity index (χ4v) is 5.94. The van der Waals surface area contributed by atoms with Crippen molar-refractivity contribution < 1.29 is 8.42 Å². The topological polar surface area (TPSA) is 88.7 Å². The maximum atomic E-state index is 12.4. The third-order valence-electron chi connectivity index (χ3n) is 4.10. The van der Waals surface area contributed by atoms with E-state index in [9.17, 15) is 8.42 Å². The molecule has 0 bridgehead atoms. The predicted molar refractivity (Wildman–Crippen MR) is 106 cm³/mol. The number of rotatable bonds is 2. The molecule has 3 rings (SSSR count). The second-order valence-corrected chi connectivity index (χ2v) is 9.36. The Bertz CT molecular complexity index is 1070. The Kier molecular flexibility index (Phi) is 4.73. The number of thiophene rings is 1. The normalized spacial score (nSPS) is 21.7. The van der Waals surface area contributed by atoms with Crippen LogP contribution >= 0.6 is 22.9 Å². The van der Waals surface area contributed by atoms with Crippen molar-refractivity contribution in [3.63, 3.8) is 0 Å². The number of nitrogens with zero attached hydrogens (tertiary/aromatic N) is 3. The average molecular weight is 409 g/mol. The highest BCUT2D eigenvalue weighted by molar-refractivity contribution is 7.89. The molecular formula is C17H17ClN4O2S2. The van der Waals surface area contributed by atoms with Gasteiger partial charge in [0.2, 0.25) is 16.0 Å². The Morgan fingerprint density at radius 1 is 1.42 bits per heavy atom. The highest BCUT2D eigenvalue weighted by atomic mass is 35.5. The standard InChI is InChI=1S/C17H17ClN4O2S2/c1-4-5-11-6-12(8-20-7-11)13-9-25-15(14(13)18)17(2)10-26(23,24)22(3)16(19)21-17/h6-9H,10H2,1-3H3,(H2,19,21)/t17-/m0/s1. The second-order valence-electron chi connectivity index (χ2n) is 6.10. The van der Waals surface area contributed by atoms with Gasteiger partial charge >= 0.3 is 0 Å². The van der Waals surface area contributed by atoms with Crippen LogP contribution < -0.4 is 5.73 Å². The highest BCUT2D eigenvalue weighted by Gasteiger charge is 2.42. The number of hydrogen-bond acceptors (Lipinski definition) is 6. The van der Waals surface area contributed by atoms with E-state index in [4.69, 9.17) is 17.3 Å². The zero-order valence-corrected chi connectivity index (χ0v) is 16.8. The molecule has 0 saturated carbocycles. The number of hydrogen-bond donors (Lipinski definition) is 1. The van der Waals surface area contributed by atoms with Crippen molar-refractivity contribution in [2.45, 2.75) is 19.4 Å². The summed E-state index contributed by atoms with van der Waals surface area (Å²) in [5.74, 6) is 5.55. The van der Waals surface area contributed by atoms with Gasteiger partial charge in [0.1, 0.15) is 5.54 Å². The lowest BCUT2D eigenvalue weighted by molar-refractivity contribution is 0.482. The summed E-state index contributed by atoms with van der Waals surface area (Å²) in [6, 6.07) is 1.90. The number of nitrogens with two attached hydrogens (primary N) is 1. The molecule has 9 heteroatoms. The van der Waals surface area contributed by atoms with E-state index in [0.29, 0.717) is 9.90 Å². The summed E-state index contributed by atoms with van der Waals surface area (Å²) in [6.45, 7) is 3.48. The van der Waals surface area contributed by atoms with E-state index in [-0.39, 0.29) is 11.7 Å². The van der Waals surface area contributed by atoms with Crippen LogP contribution in [0.4, 0.5) is 0 Å². The second kappa shape index (κ2) is 6.58. The molecule has 136 valence electrons. The zero-order valence-electron chi connectivity index (χ0n) is 14.4. The molecule has 0 saturated heterocycles. The number of aromatic nitrogens is 1. The molecule has 6 nitrogen and oxygen atoms in total. The van der Waals surface area contributed by atoms with Gasteiger partial charge in [-0.05, 0) is 19.9 Å². The molecule has 1 aliphatic heterocycles. The third-order valence-corrected chi connectivity index (χ3v) is 7.79. The minimum Gasteiger partial charge on any atom is -0.369 e. The summed E-state index contributed by atoms with van der Waals surface area (Å²) in [5.41, 5.74) is 7.15. The van der Waals surface area contributed by atoms with Gasteiger partial charge in [-0.25, -0.2) is 17.7 Å². The SMILES string of the molecule is CC#Cc1cncc(-c2csc([C@]3(C)CS(=O)(=O)N(C)C(N)=N3)c2Cl)c1. The fourth-order valence-electron chi connectivity index (χ4n) is 2.77. The maximum Gasteiger partial charge on any atom is 0.239 e. The van der Waals surface area contributed by atoms with Crippen LogP contribution in [0.3, 0.4) is 0 Å². The van der Waals surface area contributed by atoms with Crippen LogP contribution in [0.25, 0.3) is 11.1 Å². The lowest BCUT2D eigenvalue weighted by atomic mass is 10.0. The van der Waals surface area contributed by atoms with E-state index in [1.54, 1.807) is 26.2 Å². The minimum atomic E-state index is -3.56. The van der Waals surface area contributed by atoms with E-state index in [0.717, 1.165) is 21.0 Å². The van der Waals surface area contributed by atoms with E-state index < -0.39 is 15.6 Å². The summed E-state index contributed by atoms with van der Waals surface area (Å²) in [5, 5.41) is 2.33. The summed E-state index contributed by atoms with van der Waals surface area (Å²) in [7, 11) is -2.17. The number of guanidine groups is 1. The summed E-state index contributed by atoms with van der Waals surface area (Å²) in [4.78, 5) is 9.26. The maximum absolute atomic E-state index is 12.4. The van der Waals surface area contributed by atoms with Crippen LogP contribution in [0.15, 0.2) is 28.8 Å². The fraction of sp³-hybridized carbons (Fsp3) is 0.294. The molecule has 0 unspecified atom stereocenters. The van der Waals surface area contributed by atoms with Crippen molar-refractivity contribution in [2.75, 3.05) is 12.8 Å². The molecule has 1 atom stereocenters. The van der Waals surface area contributed by atoms with Gasteiger partial charge in [-0.3, -0.25) is 4.98 Å². The van der Waals surface area contributed by atoms with Gasteiger partial charge in [0.25, 0.3) is 0 Å². The van der Waals surface area contributed by atoms with Crippen LogP contribution in [0, 0.1) is 11.8 Å². The van der Waals surface area contributed by atoms with Crippen molar-refractivity contribution in [1.82, 2.24) is 9.29 Å². The van der Waals surface area contributed by atoms with Crippen molar-refractivity contribution >= 4 is 38.9 Å². The number of sulfonamides is 1. The largest absolute Gasteiger partial charge is 0.369 e. The van der Waals surface area contributed by atoms with Crippen molar-refractivity contribution in [3.8, 4) is 23.0 Å². The Morgan fingerprint density at radius 3 is 2.81 bits per heavy atom. The summed E-state index contributed by atoms with van der Waals surface area (Å²) < 4.78 is 25.8. The van der Waals surface area contributed by atoms with E-state index in [1.807, 2.05) is 11.4 Å². The highest BCUT2D eigenvalue weighted by Crippen LogP contribution is 2.44. The van der Waals surface area contributed by atoms with Crippen molar-refractivity contribution in [2.24, 2.45) is 10.7 Å². The van der Waals surface area contributed by atoms with Crippen LogP contribution in [0.5, 0.6) is 0 Å². The molecule has 3 heterocycles. The van der Waals surface area contributed by atoms with Gasteiger partial charge in [-0.15, -0.1) is 17.3 Å². The van der Waals surface area contributed by atoms with Crippen molar-refractivity contribution in [1.29, 1.82) is 0 Å². The molecule has 0 aliphatic carbocycles. The molecule has 0 amide bonds. The molecule has 1 aliphatic rings. The van der Waals surface area contributed by atoms with Crippen LogP contribution in [0.2, 0.25) is 5.02 Å². The van der Waals surface area contributed by atoms with Gasteiger partial charge in [-0.1, -0.05) is 17.5 Å². The Balaban J connectivity index is 2.10. The summed E-state index contributed by atoms with van der Waals surface area (Å²) in [6.07, 6.45) is 3.38. The van der Waals surface area contributed by atoms with Crippen molar-refractivity contribution in [3.05, 3.63) is 39.3 Å². The predicted octanol–water partition coefficient (Wildman–Crippen LogP) is 2.64. The number of aliphatic imine (C=N–C) groups is 1. The van der Waals surface area contributed by atoms with Gasteiger partial charge in [-0.2, -0.15) is 0 Å². The number of halogens is 1. The van der Waals surface area contributed by atoms with E-state index in [1.165, 1.54) is 18.4 Å².